The zero-order valence-electron chi connectivity index (χ0n) is 9.95. The fourth-order valence-electron chi connectivity index (χ4n) is 2.13. The van der Waals surface area contributed by atoms with Crippen molar-refractivity contribution in [2.24, 2.45) is 0 Å². The Morgan fingerprint density at radius 2 is 2.12 bits per heavy atom. The van der Waals surface area contributed by atoms with Crippen LogP contribution in [-0.4, -0.2) is 37.0 Å². The van der Waals surface area contributed by atoms with Crippen LogP contribution in [0.4, 0.5) is 4.39 Å². The summed E-state index contributed by atoms with van der Waals surface area (Å²) in [7, 11) is 1.81. The highest BCUT2D eigenvalue weighted by molar-refractivity contribution is 5.94. The number of carbonyl (C=O) groups excluding carboxylic acids is 1. The van der Waals surface area contributed by atoms with Crippen LogP contribution in [0.2, 0.25) is 0 Å². The summed E-state index contributed by atoms with van der Waals surface area (Å²) in [4.78, 5) is 13.9. The summed E-state index contributed by atoms with van der Waals surface area (Å²) in [6.07, 6.45) is 2.11. The third-order valence-electron chi connectivity index (χ3n) is 3.23. The number of nitrogens with one attached hydrogen (secondary N) is 1. The zero-order valence-corrected chi connectivity index (χ0v) is 9.95. The SMILES string of the molecule is CN(C(=O)c1ccc(F)cc1)C1CCCNC1. The van der Waals surface area contributed by atoms with Gasteiger partial charge in [0.25, 0.3) is 5.91 Å². The molecule has 0 aromatic heterocycles. The quantitative estimate of drug-likeness (QED) is 0.846. The maximum atomic E-state index is 12.8. The predicted octanol–water partition coefficient (Wildman–Crippen LogP) is 1.65. The van der Waals surface area contributed by atoms with Gasteiger partial charge < -0.3 is 10.2 Å². The van der Waals surface area contributed by atoms with E-state index >= 15 is 0 Å². The Morgan fingerprint density at radius 1 is 1.41 bits per heavy atom. The normalized spacial score (nSPS) is 20.0. The Bertz CT molecular complexity index is 385. The number of hydrogen-bond donors (Lipinski definition) is 1. The lowest BCUT2D eigenvalue weighted by molar-refractivity contribution is 0.0708. The van der Waals surface area contributed by atoms with E-state index in [4.69, 9.17) is 0 Å². The highest BCUT2D eigenvalue weighted by Gasteiger charge is 2.22. The molecule has 1 aromatic rings. The number of benzene rings is 1. The number of amides is 1. The molecule has 0 bridgehead atoms. The molecule has 1 unspecified atom stereocenters. The number of hydrogen-bond acceptors (Lipinski definition) is 2. The molecule has 0 radical (unpaired) electrons. The molecule has 1 N–H and O–H groups in total. The van der Waals surface area contributed by atoms with Crippen LogP contribution in [0.3, 0.4) is 0 Å². The zero-order chi connectivity index (χ0) is 12.3. The Hall–Kier alpha value is -1.42. The lowest BCUT2D eigenvalue weighted by Crippen LogP contribution is -2.46. The third kappa shape index (κ3) is 2.82. The Balaban J connectivity index is 2.05. The van der Waals surface area contributed by atoms with E-state index in [0.717, 1.165) is 25.9 Å². The van der Waals surface area contributed by atoms with E-state index < -0.39 is 0 Å². The van der Waals surface area contributed by atoms with Gasteiger partial charge in [0.15, 0.2) is 0 Å². The fourth-order valence-corrected chi connectivity index (χ4v) is 2.13. The van der Waals surface area contributed by atoms with E-state index in [1.54, 1.807) is 4.90 Å². The van der Waals surface area contributed by atoms with E-state index in [2.05, 4.69) is 5.32 Å². The van der Waals surface area contributed by atoms with Crippen LogP contribution >= 0.6 is 0 Å². The Kier molecular flexibility index (Phi) is 3.74. The number of nitrogens with zero attached hydrogens (tertiary/aromatic N) is 1. The summed E-state index contributed by atoms with van der Waals surface area (Å²) in [6, 6.07) is 5.94. The summed E-state index contributed by atoms with van der Waals surface area (Å²) < 4.78 is 12.8. The van der Waals surface area contributed by atoms with Crippen molar-refractivity contribution in [3.8, 4) is 0 Å². The highest BCUT2D eigenvalue weighted by Crippen LogP contribution is 2.13. The molecule has 2 rings (SSSR count). The van der Waals surface area contributed by atoms with E-state index in [-0.39, 0.29) is 17.8 Å². The first-order valence-corrected chi connectivity index (χ1v) is 5.92. The lowest BCUT2D eigenvalue weighted by atomic mass is 10.1. The van der Waals surface area contributed by atoms with E-state index in [1.165, 1.54) is 24.3 Å². The topological polar surface area (TPSA) is 32.3 Å². The van der Waals surface area contributed by atoms with Crippen molar-refractivity contribution >= 4 is 5.91 Å². The van der Waals surface area contributed by atoms with Crippen LogP contribution in [0.1, 0.15) is 23.2 Å². The van der Waals surface area contributed by atoms with Crippen molar-refractivity contribution in [3.63, 3.8) is 0 Å². The average Bonchev–Trinajstić information content (AvgIpc) is 2.39. The Morgan fingerprint density at radius 3 is 2.71 bits per heavy atom. The second-order valence-electron chi connectivity index (χ2n) is 4.42. The van der Waals surface area contributed by atoms with Gasteiger partial charge in [-0.1, -0.05) is 0 Å². The molecule has 1 atom stereocenters. The first kappa shape index (κ1) is 12.0. The van der Waals surface area contributed by atoms with Gasteiger partial charge in [0.05, 0.1) is 0 Å². The molecule has 1 amide bonds. The number of carbonyl (C=O) groups is 1. The molecule has 4 heteroatoms. The molecule has 0 saturated carbocycles. The van der Waals surface area contributed by atoms with Gasteiger partial charge in [0.1, 0.15) is 5.82 Å². The molecule has 92 valence electrons. The van der Waals surface area contributed by atoms with Crippen molar-refractivity contribution < 1.29 is 9.18 Å². The van der Waals surface area contributed by atoms with Gasteiger partial charge in [-0.15, -0.1) is 0 Å². The minimum Gasteiger partial charge on any atom is -0.337 e. The summed E-state index contributed by atoms with van der Waals surface area (Å²) >= 11 is 0. The predicted molar refractivity (Wildman–Crippen MR) is 64.4 cm³/mol. The second kappa shape index (κ2) is 5.27. The van der Waals surface area contributed by atoms with Crippen LogP contribution in [0, 0.1) is 5.82 Å². The van der Waals surface area contributed by atoms with Crippen LogP contribution in [0.15, 0.2) is 24.3 Å². The van der Waals surface area contributed by atoms with Gasteiger partial charge in [-0.3, -0.25) is 4.79 Å². The van der Waals surface area contributed by atoms with E-state index in [1.807, 2.05) is 7.05 Å². The van der Waals surface area contributed by atoms with Crippen molar-refractivity contribution in [2.75, 3.05) is 20.1 Å². The third-order valence-corrected chi connectivity index (χ3v) is 3.23. The minimum atomic E-state index is -0.316. The Labute approximate surface area is 101 Å². The molecule has 1 aliphatic rings. The van der Waals surface area contributed by atoms with Crippen molar-refractivity contribution in [1.82, 2.24) is 10.2 Å². The average molecular weight is 236 g/mol. The molecule has 1 heterocycles. The fraction of sp³-hybridized carbons (Fsp3) is 0.462. The van der Waals surface area contributed by atoms with Crippen molar-refractivity contribution in [3.05, 3.63) is 35.6 Å². The number of likely N-dealkylation sites (N-methyl/N-ethyl adjacent to an activating group) is 1. The summed E-state index contributed by atoms with van der Waals surface area (Å²) in [5.74, 6) is -0.359. The lowest BCUT2D eigenvalue weighted by Gasteiger charge is -2.31. The molecule has 1 aliphatic heterocycles. The number of halogens is 1. The smallest absolute Gasteiger partial charge is 0.253 e. The van der Waals surface area contributed by atoms with Gasteiger partial charge in [-0.2, -0.15) is 0 Å². The number of piperidine rings is 1. The van der Waals surface area contributed by atoms with Gasteiger partial charge in [-0.25, -0.2) is 4.39 Å². The molecule has 1 aromatic carbocycles. The molecule has 1 saturated heterocycles. The molecular formula is C13H17FN2O. The van der Waals surface area contributed by atoms with Crippen LogP contribution < -0.4 is 5.32 Å². The highest BCUT2D eigenvalue weighted by atomic mass is 19.1. The molecule has 1 fully saturated rings. The second-order valence-corrected chi connectivity index (χ2v) is 4.42. The summed E-state index contributed by atoms with van der Waals surface area (Å²) in [5.41, 5.74) is 0.541. The standard InChI is InChI=1S/C13H17FN2O/c1-16(12-3-2-8-15-9-12)13(17)10-4-6-11(14)7-5-10/h4-7,12,15H,2-3,8-9H2,1H3. The van der Waals surface area contributed by atoms with Crippen LogP contribution in [0.5, 0.6) is 0 Å². The largest absolute Gasteiger partial charge is 0.337 e. The van der Waals surface area contributed by atoms with Gasteiger partial charge in [0.2, 0.25) is 0 Å². The van der Waals surface area contributed by atoms with E-state index in [9.17, 15) is 9.18 Å². The van der Waals surface area contributed by atoms with Gasteiger partial charge in [0, 0.05) is 25.2 Å². The molecular weight excluding hydrogens is 219 g/mol. The summed E-state index contributed by atoms with van der Waals surface area (Å²) in [5, 5.41) is 3.28. The first-order chi connectivity index (χ1) is 8.18. The molecule has 0 spiro atoms. The van der Waals surface area contributed by atoms with Crippen LogP contribution in [0.25, 0.3) is 0 Å². The van der Waals surface area contributed by atoms with Crippen molar-refractivity contribution in [2.45, 2.75) is 18.9 Å². The molecule has 0 aliphatic carbocycles. The molecule has 3 nitrogen and oxygen atoms in total. The summed E-state index contributed by atoms with van der Waals surface area (Å²) in [6.45, 7) is 1.86. The van der Waals surface area contributed by atoms with Gasteiger partial charge in [-0.05, 0) is 43.7 Å². The molecule has 17 heavy (non-hydrogen) atoms. The maximum absolute atomic E-state index is 12.8. The van der Waals surface area contributed by atoms with E-state index in [0.29, 0.717) is 5.56 Å². The van der Waals surface area contributed by atoms with Crippen LogP contribution in [-0.2, 0) is 0 Å². The monoisotopic (exact) mass is 236 g/mol. The first-order valence-electron chi connectivity index (χ1n) is 5.92. The van der Waals surface area contributed by atoms with Crippen molar-refractivity contribution in [1.29, 1.82) is 0 Å². The van der Waals surface area contributed by atoms with Gasteiger partial charge >= 0.3 is 0 Å². The number of rotatable bonds is 2. The minimum absolute atomic E-state index is 0.0429. The maximum Gasteiger partial charge on any atom is 0.253 e.